The maximum Gasteiger partial charge on any atom is 0.411 e. The van der Waals surface area contributed by atoms with Gasteiger partial charge in [-0.3, -0.25) is 4.90 Å². The Morgan fingerprint density at radius 2 is 1.92 bits per heavy atom. The van der Waals surface area contributed by atoms with E-state index in [2.05, 4.69) is 13.8 Å². The molecule has 10 heteroatoms. The number of carbonyl (C=O) groups excluding carboxylic acids is 1. The van der Waals surface area contributed by atoms with Gasteiger partial charge in [-0.05, 0) is 45.7 Å². The molecule has 2 atom stereocenters. The molecule has 0 radical (unpaired) electrons. The minimum absolute atomic E-state index is 0.0922. The molecule has 0 bridgehead atoms. The molecular formula is C27H33N3O6S. The van der Waals surface area contributed by atoms with Crippen molar-refractivity contribution in [3.63, 3.8) is 0 Å². The standard InChI is InChI=1S/C27H33N3O6S/c1-14(2)19-13-37-24(29-19)18-11-22(17-8-9-21(34-7)15(3)23(17)28-18)35-16-10-20(25(31)32)30(12-16)26(33)36-27(4,5)6/h8-9,11,13-14,16,20H,10,12H2,1-7H3,(H,31,32)/t16-,20+/m1/s1. The summed E-state index contributed by atoms with van der Waals surface area (Å²) >= 11 is 1.51. The zero-order valence-corrected chi connectivity index (χ0v) is 23.0. The third-order valence-corrected chi connectivity index (χ3v) is 7.05. The summed E-state index contributed by atoms with van der Waals surface area (Å²) in [6.07, 6.45) is -1.08. The van der Waals surface area contributed by atoms with Crippen molar-refractivity contribution in [3.8, 4) is 22.2 Å². The highest BCUT2D eigenvalue weighted by Gasteiger charge is 2.43. The van der Waals surface area contributed by atoms with Gasteiger partial charge in [0.15, 0.2) is 0 Å². The minimum Gasteiger partial charge on any atom is -0.496 e. The highest BCUT2D eigenvalue weighted by Crippen LogP contribution is 2.38. The molecule has 3 heterocycles. The summed E-state index contributed by atoms with van der Waals surface area (Å²) in [7, 11) is 1.61. The number of carbonyl (C=O) groups is 2. The molecule has 198 valence electrons. The number of carboxylic acids is 1. The maximum absolute atomic E-state index is 12.8. The highest BCUT2D eigenvalue weighted by atomic mass is 32.1. The van der Waals surface area contributed by atoms with E-state index in [1.807, 2.05) is 30.5 Å². The van der Waals surface area contributed by atoms with Gasteiger partial charge in [0.05, 0.1) is 24.9 Å². The van der Waals surface area contributed by atoms with Gasteiger partial charge in [-0.2, -0.15) is 0 Å². The fraction of sp³-hybridized carbons (Fsp3) is 0.481. The van der Waals surface area contributed by atoms with E-state index in [0.717, 1.165) is 21.7 Å². The van der Waals surface area contributed by atoms with E-state index in [1.165, 1.54) is 16.2 Å². The van der Waals surface area contributed by atoms with E-state index in [9.17, 15) is 14.7 Å². The summed E-state index contributed by atoms with van der Waals surface area (Å²) in [5.41, 5.74) is 2.48. The number of amides is 1. The van der Waals surface area contributed by atoms with Crippen LogP contribution in [0.3, 0.4) is 0 Å². The average molecular weight is 528 g/mol. The molecule has 3 aromatic rings. The van der Waals surface area contributed by atoms with Crippen LogP contribution in [0.2, 0.25) is 0 Å². The summed E-state index contributed by atoms with van der Waals surface area (Å²) in [4.78, 5) is 35.6. The Morgan fingerprint density at radius 3 is 2.51 bits per heavy atom. The molecule has 37 heavy (non-hydrogen) atoms. The first-order valence-electron chi connectivity index (χ1n) is 12.2. The van der Waals surface area contributed by atoms with Crippen LogP contribution < -0.4 is 9.47 Å². The third-order valence-electron chi connectivity index (χ3n) is 6.17. The number of nitrogens with zero attached hydrogens (tertiary/aromatic N) is 3. The number of hydrogen-bond acceptors (Lipinski definition) is 8. The van der Waals surface area contributed by atoms with Crippen LogP contribution in [0.15, 0.2) is 23.6 Å². The normalized spacial score (nSPS) is 17.9. The van der Waals surface area contributed by atoms with Gasteiger partial charge in [-0.1, -0.05) is 13.8 Å². The first-order valence-corrected chi connectivity index (χ1v) is 13.1. The Morgan fingerprint density at radius 1 is 1.19 bits per heavy atom. The van der Waals surface area contributed by atoms with Gasteiger partial charge in [0.2, 0.25) is 0 Å². The Kier molecular flexibility index (Phi) is 7.32. The number of aromatic nitrogens is 2. The number of aryl methyl sites for hydroxylation is 1. The summed E-state index contributed by atoms with van der Waals surface area (Å²) in [6.45, 7) is 11.4. The van der Waals surface area contributed by atoms with Crippen LogP contribution in [0.1, 0.15) is 58.2 Å². The summed E-state index contributed by atoms with van der Waals surface area (Å²) in [5.74, 6) is 0.440. The second kappa shape index (κ2) is 10.2. The average Bonchev–Trinajstić information content (AvgIpc) is 3.46. The predicted octanol–water partition coefficient (Wildman–Crippen LogP) is 5.64. The predicted molar refractivity (Wildman–Crippen MR) is 142 cm³/mol. The van der Waals surface area contributed by atoms with Gasteiger partial charge in [0, 0.05) is 28.8 Å². The molecule has 1 amide bonds. The number of fused-ring (bicyclic) bond motifs is 1. The molecule has 4 rings (SSSR count). The number of carboxylic acid groups (broad SMARTS) is 1. The summed E-state index contributed by atoms with van der Waals surface area (Å²) < 4.78 is 17.4. The lowest BCUT2D eigenvalue weighted by molar-refractivity contribution is -0.142. The number of pyridine rings is 1. The van der Waals surface area contributed by atoms with Gasteiger partial charge in [0.25, 0.3) is 0 Å². The molecular weight excluding hydrogens is 494 g/mol. The van der Waals surface area contributed by atoms with Crippen LogP contribution in [0, 0.1) is 6.92 Å². The second-order valence-corrected chi connectivity index (χ2v) is 11.3. The number of hydrogen-bond donors (Lipinski definition) is 1. The van der Waals surface area contributed by atoms with Crippen molar-refractivity contribution in [2.24, 2.45) is 0 Å². The van der Waals surface area contributed by atoms with E-state index in [-0.39, 0.29) is 18.9 Å². The number of thiazole rings is 1. The van der Waals surface area contributed by atoms with E-state index >= 15 is 0 Å². The summed E-state index contributed by atoms with van der Waals surface area (Å²) in [6, 6.07) is 4.53. The van der Waals surface area contributed by atoms with Crippen molar-refractivity contribution >= 4 is 34.3 Å². The topological polar surface area (TPSA) is 111 Å². The highest BCUT2D eigenvalue weighted by molar-refractivity contribution is 7.13. The molecule has 2 aromatic heterocycles. The van der Waals surface area contributed by atoms with Gasteiger partial charge in [0.1, 0.15) is 39.9 Å². The van der Waals surface area contributed by atoms with Gasteiger partial charge in [-0.25, -0.2) is 19.6 Å². The number of aliphatic carboxylic acids is 1. The lowest BCUT2D eigenvalue weighted by Gasteiger charge is -2.26. The third kappa shape index (κ3) is 5.64. The lowest BCUT2D eigenvalue weighted by atomic mass is 10.1. The number of benzene rings is 1. The Labute approximate surface area is 220 Å². The number of likely N-dealkylation sites (tertiary alicyclic amines) is 1. The number of methoxy groups -OCH3 is 1. The van der Waals surface area contributed by atoms with Crippen molar-refractivity contribution in [2.75, 3.05) is 13.7 Å². The Hall–Kier alpha value is -3.40. The fourth-order valence-electron chi connectivity index (χ4n) is 4.30. The molecule has 1 fully saturated rings. The first kappa shape index (κ1) is 26.7. The van der Waals surface area contributed by atoms with E-state index < -0.39 is 29.8 Å². The van der Waals surface area contributed by atoms with E-state index in [4.69, 9.17) is 24.2 Å². The molecule has 1 aromatic carbocycles. The molecule has 0 aliphatic carbocycles. The van der Waals surface area contributed by atoms with Crippen molar-refractivity contribution in [2.45, 2.75) is 71.6 Å². The quantitative estimate of drug-likeness (QED) is 0.438. The van der Waals surface area contributed by atoms with Crippen LogP contribution in [0.25, 0.3) is 21.6 Å². The van der Waals surface area contributed by atoms with E-state index in [0.29, 0.717) is 22.7 Å². The number of ether oxygens (including phenoxy) is 3. The van der Waals surface area contributed by atoms with Gasteiger partial charge >= 0.3 is 12.1 Å². The Bertz CT molecular complexity index is 1330. The molecule has 0 spiro atoms. The largest absolute Gasteiger partial charge is 0.496 e. The lowest BCUT2D eigenvalue weighted by Crippen LogP contribution is -2.43. The minimum atomic E-state index is -1.10. The molecule has 0 unspecified atom stereocenters. The van der Waals surface area contributed by atoms with Crippen molar-refractivity contribution in [1.29, 1.82) is 0 Å². The van der Waals surface area contributed by atoms with E-state index in [1.54, 1.807) is 27.9 Å². The van der Waals surface area contributed by atoms with Crippen LogP contribution in [0.4, 0.5) is 4.79 Å². The second-order valence-electron chi connectivity index (χ2n) is 10.5. The zero-order chi connectivity index (χ0) is 27.1. The SMILES string of the molecule is COc1ccc2c(O[C@@H]3C[C@@H](C(=O)O)N(C(=O)OC(C)(C)C)C3)cc(-c3nc(C(C)C)cs3)nc2c1C. The molecule has 0 saturated carbocycles. The van der Waals surface area contributed by atoms with Gasteiger partial charge < -0.3 is 19.3 Å². The number of rotatable bonds is 6. The van der Waals surface area contributed by atoms with Crippen LogP contribution in [-0.2, 0) is 9.53 Å². The first-order chi connectivity index (χ1) is 17.4. The van der Waals surface area contributed by atoms with Crippen LogP contribution in [-0.4, -0.2) is 63.4 Å². The van der Waals surface area contributed by atoms with Crippen LogP contribution >= 0.6 is 11.3 Å². The van der Waals surface area contributed by atoms with Gasteiger partial charge in [-0.15, -0.1) is 11.3 Å². The van der Waals surface area contributed by atoms with Crippen molar-refractivity contribution in [3.05, 3.63) is 34.8 Å². The van der Waals surface area contributed by atoms with Crippen molar-refractivity contribution in [1.82, 2.24) is 14.9 Å². The van der Waals surface area contributed by atoms with Crippen LogP contribution in [0.5, 0.6) is 11.5 Å². The maximum atomic E-state index is 12.8. The molecule has 1 aliphatic rings. The summed E-state index contributed by atoms with van der Waals surface area (Å²) in [5, 5.41) is 13.3. The van der Waals surface area contributed by atoms with Crippen molar-refractivity contribution < 1.29 is 28.9 Å². The zero-order valence-electron chi connectivity index (χ0n) is 22.2. The monoisotopic (exact) mass is 527 g/mol. The smallest absolute Gasteiger partial charge is 0.411 e. The molecule has 9 nitrogen and oxygen atoms in total. The molecule has 1 aliphatic heterocycles. The fourth-order valence-corrected chi connectivity index (χ4v) is 5.24. The Balaban J connectivity index is 1.73. The molecule has 1 saturated heterocycles. The molecule has 1 N–H and O–H groups in total.